The molecule has 0 aliphatic carbocycles. The Bertz CT molecular complexity index is 606. The first kappa shape index (κ1) is 13.0. The summed E-state index contributed by atoms with van der Waals surface area (Å²) in [6, 6.07) is 10.3. The summed E-state index contributed by atoms with van der Waals surface area (Å²) in [5.41, 5.74) is 6.80. The van der Waals surface area contributed by atoms with Gasteiger partial charge in [0.05, 0.1) is 5.69 Å². The molecule has 1 aromatic carbocycles. The van der Waals surface area contributed by atoms with Crippen molar-refractivity contribution in [3.63, 3.8) is 0 Å². The van der Waals surface area contributed by atoms with Gasteiger partial charge in [-0.15, -0.1) is 11.3 Å². The zero-order valence-corrected chi connectivity index (χ0v) is 10.8. The van der Waals surface area contributed by atoms with Crippen LogP contribution in [0.3, 0.4) is 0 Å². The zero-order valence-electron chi connectivity index (χ0n) is 9.95. The molecule has 0 bridgehead atoms. The standard InChI is InChI=1S/C14H11N2O2S/c15-14(18)16(13-8-4-10-19-13)12-7-2-1-5-11(12)6-3-9-17/h1-8,10H,(H2,15,18)/b6-3+. The summed E-state index contributed by atoms with van der Waals surface area (Å²) in [5, 5.41) is 2.59. The van der Waals surface area contributed by atoms with E-state index < -0.39 is 6.03 Å². The number of primary amides is 1. The maximum absolute atomic E-state index is 11.7. The van der Waals surface area contributed by atoms with Crippen LogP contribution in [0.5, 0.6) is 0 Å². The van der Waals surface area contributed by atoms with Gasteiger partial charge in [-0.3, -0.25) is 9.69 Å². The summed E-state index contributed by atoms with van der Waals surface area (Å²) in [6.07, 6.45) is 4.53. The van der Waals surface area contributed by atoms with Gasteiger partial charge in [-0.2, -0.15) is 0 Å². The molecule has 0 unspecified atom stereocenters. The van der Waals surface area contributed by atoms with E-state index in [4.69, 9.17) is 5.73 Å². The molecule has 1 radical (unpaired) electrons. The largest absolute Gasteiger partial charge is 0.351 e. The molecule has 1 aromatic heterocycles. The van der Waals surface area contributed by atoms with Crippen LogP contribution in [0.2, 0.25) is 0 Å². The second kappa shape index (κ2) is 5.97. The Kier molecular flexibility index (Phi) is 4.10. The Balaban J connectivity index is 2.51. The maximum atomic E-state index is 11.7. The van der Waals surface area contributed by atoms with Crippen molar-refractivity contribution in [2.45, 2.75) is 0 Å². The van der Waals surface area contributed by atoms with Crippen molar-refractivity contribution in [2.24, 2.45) is 5.73 Å². The van der Waals surface area contributed by atoms with Gasteiger partial charge in [0.15, 0.2) is 0 Å². The number of urea groups is 1. The van der Waals surface area contributed by atoms with Gasteiger partial charge in [-0.05, 0) is 41.3 Å². The first-order valence-electron chi connectivity index (χ1n) is 5.50. The summed E-state index contributed by atoms with van der Waals surface area (Å²) in [4.78, 5) is 23.4. The number of nitrogens with two attached hydrogens (primary N) is 1. The number of hydrogen-bond donors (Lipinski definition) is 1. The zero-order chi connectivity index (χ0) is 13.7. The van der Waals surface area contributed by atoms with Crippen LogP contribution in [0.4, 0.5) is 15.5 Å². The van der Waals surface area contributed by atoms with Crippen molar-refractivity contribution in [1.29, 1.82) is 0 Å². The number of thiophene rings is 1. The van der Waals surface area contributed by atoms with Crippen LogP contribution in [0.1, 0.15) is 5.56 Å². The van der Waals surface area contributed by atoms with Gasteiger partial charge >= 0.3 is 6.03 Å². The minimum atomic E-state index is -0.571. The van der Waals surface area contributed by atoms with Crippen LogP contribution in [0.15, 0.2) is 47.9 Å². The molecule has 2 amide bonds. The first-order valence-corrected chi connectivity index (χ1v) is 6.38. The van der Waals surface area contributed by atoms with E-state index in [0.717, 1.165) is 10.6 Å². The molecule has 2 aromatic rings. The highest BCUT2D eigenvalue weighted by Crippen LogP contribution is 2.32. The van der Waals surface area contributed by atoms with E-state index >= 15 is 0 Å². The van der Waals surface area contributed by atoms with E-state index in [1.807, 2.05) is 23.6 Å². The molecule has 0 spiro atoms. The molecule has 2 N–H and O–H groups in total. The minimum absolute atomic E-state index is 0.571. The van der Waals surface area contributed by atoms with Gasteiger partial charge in [-0.25, -0.2) is 4.79 Å². The monoisotopic (exact) mass is 271 g/mol. The highest BCUT2D eigenvalue weighted by atomic mass is 32.1. The first-order chi connectivity index (χ1) is 9.24. The average Bonchev–Trinajstić information content (AvgIpc) is 2.91. The number of amides is 2. The van der Waals surface area contributed by atoms with E-state index in [0.29, 0.717) is 5.69 Å². The summed E-state index contributed by atoms with van der Waals surface area (Å²) in [6.45, 7) is 0. The highest BCUT2D eigenvalue weighted by Gasteiger charge is 2.17. The quantitative estimate of drug-likeness (QED) is 0.868. The van der Waals surface area contributed by atoms with Crippen LogP contribution in [-0.4, -0.2) is 12.3 Å². The molecule has 0 atom stereocenters. The Morgan fingerprint density at radius 1 is 1.26 bits per heavy atom. The van der Waals surface area contributed by atoms with Crippen molar-refractivity contribution >= 4 is 40.4 Å². The van der Waals surface area contributed by atoms with E-state index in [9.17, 15) is 9.59 Å². The van der Waals surface area contributed by atoms with Crippen LogP contribution in [0, 0.1) is 0 Å². The number of hydrogen-bond acceptors (Lipinski definition) is 3. The summed E-state index contributed by atoms with van der Waals surface area (Å²) < 4.78 is 0. The number of allylic oxidation sites excluding steroid dienone is 1. The Morgan fingerprint density at radius 3 is 2.68 bits per heavy atom. The maximum Gasteiger partial charge on any atom is 0.324 e. The summed E-state index contributed by atoms with van der Waals surface area (Å²) in [7, 11) is 0. The van der Waals surface area contributed by atoms with Crippen LogP contribution in [-0.2, 0) is 4.79 Å². The van der Waals surface area contributed by atoms with Gasteiger partial charge in [0, 0.05) is 0 Å². The van der Waals surface area contributed by atoms with Gasteiger partial charge in [0.2, 0.25) is 6.29 Å². The lowest BCUT2D eigenvalue weighted by Gasteiger charge is -2.20. The Hall–Kier alpha value is -2.40. The van der Waals surface area contributed by atoms with Crippen LogP contribution in [0.25, 0.3) is 6.08 Å². The predicted octanol–water partition coefficient (Wildman–Crippen LogP) is 3.09. The van der Waals surface area contributed by atoms with Crippen molar-refractivity contribution in [3.8, 4) is 0 Å². The molecule has 19 heavy (non-hydrogen) atoms. The van der Waals surface area contributed by atoms with Gasteiger partial charge in [0.1, 0.15) is 5.00 Å². The predicted molar refractivity (Wildman–Crippen MR) is 77.2 cm³/mol. The molecule has 0 saturated carbocycles. The number of carbonyl (C=O) groups is 1. The minimum Gasteiger partial charge on any atom is -0.351 e. The van der Waals surface area contributed by atoms with Crippen molar-refractivity contribution in [2.75, 3.05) is 4.90 Å². The molecule has 1 heterocycles. The Morgan fingerprint density at radius 2 is 2.05 bits per heavy atom. The smallest absolute Gasteiger partial charge is 0.324 e. The molecule has 0 fully saturated rings. The SMILES string of the molecule is NC(=O)N(c1cccs1)c1ccccc1/C=C/[C]=O. The number of rotatable bonds is 4. The van der Waals surface area contributed by atoms with Crippen LogP contribution < -0.4 is 10.6 Å². The molecular formula is C14H11N2O2S. The lowest BCUT2D eigenvalue weighted by molar-refractivity contribution is 0.256. The highest BCUT2D eigenvalue weighted by molar-refractivity contribution is 7.14. The number of nitrogens with zero attached hydrogens (tertiary/aromatic N) is 1. The number of anilines is 2. The fraction of sp³-hybridized carbons (Fsp3) is 0. The third-order valence-electron chi connectivity index (χ3n) is 2.46. The molecule has 0 aliphatic heterocycles. The fourth-order valence-electron chi connectivity index (χ4n) is 1.70. The number of carbonyl (C=O) groups excluding carboxylic acids is 2. The second-order valence-electron chi connectivity index (χ2n) is 3.63. The summed E-state index contributed by atoms with van der Waals surface area (Å²) in [5.74, 6) is 0. The van der Waals surface area contributed by atoms with Gasteiger partial charge < -0.3 is 5.73 Å². The van der Waals surface area contributed by atoms with Crippen LogP contribution >= 0.6 is 11.3 Å². The van der Waals surface area contributed by atoms with Crippen molar-refractivity contribution in [3.05, 3.63) is 53.4 Å². The van der Waals surface area contributed by atoms with E-state index in [1.165, 1.54) is 22.3 Å². The second-order valence-corrected chi connectivity index (χ2v) is 4.56. The lowest BCUT2D eigenvalue weighted by Crippen LogP contribution is -2.31. The fourth-order valence-corrected chi connectivity index (χ4v) is 2.45. The number of para-hydroxylation sites is 1. The molecule has 4 nitrogen and oxygen atoms in total. The normalized spacial score (nSPS) is 10.5. The van der Waals surface area contributed by atoms with E-state index in [1.54, 1.807) is 30.6 Å². The van der Waals surface area contributed by atoms with Crippen molar-refractivity contribution < 1.29 is 9.59 Å². The van der Waals surface area contributed by atoms with Crippen molar-refractivity contribution in [1.82, 2.24) is 0 Å². The number of benzene rings is 1. The summed E-state index contributed by atoms with van der Waals surface area (Å²) >= 11 is 1.41. The Labute approximate surface area is 114 Å². The van der Waals surface area contributed by atoms with Gasteiger partial charge in [-0.1, -0.05) is 18.2 Å². The molecule has 2 rings (SSSR count). The average molecular weight is 271 g/mol. The molecule has 95 valence electrons. The van der Waals surface area contributed by atoms with E-state index in [2.05, 4.69) is 0 Å². The molecule has 5 heteroatoms. The molecule has 0 saturated heterocycles. The third kappa shape index (κ3) is 2.89. The third-order valence-corrected chi connectivity index (χ3v) is 3.31. The molecular weight excluding hydrogens is 260 g/mol. The van der Waals surface area contributed by atoms with Gasteiger partial charge in [0.25, 0.3) is 0 Å². The lowest BCUT2D eigenvalue weighted by atomic mass is 10.1. The topological polar surface area (TPSA) is 63.4 Å². The van der Waals surface area contributed by atoms with E-state index in [-0.39, 0.29) is 0 Å². The molecule has 0 aliphatic rings.